The summed E-state index contributed by atoms with van der Waals surface area (Å²) < 4.78 is 24.1. The Balaban J connectivity index is 2.50. The average molecular weight is 329 g/mol. The van der Waals surface area contributed by atoms with E-state index in [0.717, 1.165) is 6.26 Å². The first-order valence-corrected chi connectivity index (χ1v) is 8.54. The van der Waals surface area contributed by atoms with E-state index < -0.39 is 21.9 Å². The van der Waals surface area contributed by atoms with Gasteiger partial charge in [-0.05, 0) is 18.6 Å². The van der Waals surface area contributed by atoms with Crippen LogP contribution in [-0.2, 0) is 10.0 Å². The van der Waals surface area contributed by atoms with Crippen molar-refractivity contribution in [2.75, 3.05) is 25.9 Å². The van der Waals surface area contributed by atoms with Gasteiger partial charge in [0.15, 0.2) is 0 Å². The number of carbonyl (C=O) groups is 2. The number of hydrogen-bond donors (Lipinski definition) is 2. The first-order valence-electron chi connectivity index (χ1n) is 6.69. The number of pyridine rings is 1. The second-order valence-electron chi connectivity index (χ2n) is 4.58. The molecular formula is C13H19N3O5S. The molecule has 0 bridgehead atoms. The van der Waals surface area contributed by atoms with Crippen molar-refractivity contribution in [1.82, 2.24) is 14.6 Å². The molecule has 8 nitrogen and oxygen atoms in total. The predicted octanol–water partition coefficient (Wildman–Crippen LogP) is 0.181. The molecule has 1 heterocycles. The van der Waals surface area contributed by atoms with Crippen LogP contribution >= 0.6 is 0 Å². The number of nitrogens with zero attached hydrogens (tertiary/aromatic N) is 2. The highest BCUT2D eigenvalue weighted by atomic mass is 32.2. The fourth-order valence-corrected chi connectivity index (χ4v) is 2.72. The van der Waals surface area contributed by atoms with Gasteiger partial charge >= 0.3 is 5.97 Å². The smallest absolute Gasteiger partial charge is 0.354 e. The number of carboxylic acids is 1. The zero-order chi connectivity index (χ0) is 16.8. The molecule has 22 heavy (non-hydrogen) atoms. The maximum Gasteiger partial charge on any atom is 0.354 e. The van der Waals surface area contributed by atoms with Crippen molar-refractivity contribution in [3.8, 4) is 0 Å². The highest BCUT2D eigenvalue weighted by molar-refractivity contribution is 7.88. The molecule has 0 saturated heterocycles. The number of rotatable bonds is 8. The summed E-state index contributed by atoms with van der Waals surface area (Å²) in [6, 6.07) is 4.15. The van der Waals surface area contributed by atoms with Crippen LogP contribution in [0.15, 0.2) is 18.2 Å². The van der Waals surface area contributed by atoms with E-state index in [9.17, 15) is 18.0 Å². The molecule has 0 spiro atoms. The van der Waals surface area contributed by atoms with Crippen molar-refractivity contribution in [2.24, 2.45) is 0 Å². The highest BCUT2D eigenvalue weighted by Gasteiger charge is 2.14. The molecule has 1 rings (SSSR count). The number of amides is 1. The van der Waals surface area contributed by atoms with E-state index in [4.69, 9.17) is 5.11 Å². The lowest BCUT2D eigenvalue weighted by molar-refractivity contribution is 0.0690. The summed E-state index contributed by atoms with van der Waals surface area (Å²) in [4.78, 5) is 26.3. The molecule has 1 amide bonds. The summed E-state index contributed by atoms with van der Waals surface area (Å²) in [6.45, 7) is 2.68. The first-order chi connectivity index (χ1) is 10.3. The Bertz CT molecular complexity index is 645. The molecule has 0 unspecified atom stereocenters. The second kappa shape index (κ2) is 7.85. The minimum absolute atomic E-state index is 0.00959. The van der Waals surface area contributed by atoms with Crippen LogP contribution in [0.3, 0.4) is 0 Å². The van der Waals surface area contributed by atoms with Crippen LogP contribution in [0.5, 0.6) is 0 Å². The molecule has 0 saturated carbocycles. The number of carboxylic acid groups (broad SMARTS) is 1. The number of carbonyl (C=O) groups excluding carboxylic acids is 1. The second-order valence-corrected chi connectivity index (χ2v) is 6.56. The summed E-state index contributed by atoms with van der Waals surface area (Å²) in [5.74, 6) is -1.70. The zero-order valence-electron chi connectivity index (χ0n) is 12.4. The minimum Gasteiger partial charge on any atom is -0.477 e. The van der Waals surface area contributed by atoms with Crippen molar-refractivity contribution < 1.29 is 23.1 Å². The summed E-state index contributed by atoms with van der Waals surface area (Å²) >= 11 is 0. The molecule has 2 N–H and O–H groups in total. The van der Waals surface area contributed by atoms with Gasteiger partial charge in [0.25, 0.3) is 5.91 Å². The molecule has 0 aliphatic rings. The average Bonchev–Trinajstić information content (AvgIpc) is 2.45. The van der Waals surface area contributed by atoms with Gasteiger partial charge in [0, 0.05) is 19.6 Å². The minimum atomic E-state index is -3.24. The van der Waals surface area contributed by atoms with Crippen LogP contribution in [0, 0.1) is 0 Å². The summed E-state index contributed by atoms with van der Waals surface area (Å²) in [7, 11) is -3.24. The van der Waals surface area contributed by atoms with E-state index in [1.165, 1.54) is 22.5 Å². The van der Waals surface area contributed by atoms with Crippen LogP contribution in [0.1, 0.15) is 34.3 Å². The van der Waals surface area contributed by atoms with Crippen LogP contribution in [-0.4, -0.2) is 60.6 Å². The van der Waals surface area contributed by atoms with Crippen LogP contribution in [0.2, 0.25) is 0 Å². The van der Waals surface area contributed by atoms with E-state index in [1.807, 2.05) is 0 Å². The van der Waals surface area contributed by atoms with Gasteiger partial charge in [-0.1, -0.05) is 13.0 Å². The monoisotopic (exact) mass is 329 g/mol. The Labute approximate surface area is 129 Å². The molecule has 0 aliphatic heterocycles. The van der Waals surface area contributed by atoms with Gasteiger partial charge in [0.2, 0.25) is 10.0 Å². The maximum atomic E-state index is 11.8. The van der Waals surface area contributed by atoms with Gasteiger partial charge in [0.1, 0.15) is 11.4 Å². The number of hydrogen-bond acceptors (Lipinski definition) is 5. The lowest BCUT2D eigenvalue weighted by atomic mass is 10.3. The number of aromatic carboxylic acids is 1. The van der Waals surface area contributed by atoms with E-state index in [1.54, 1.807) is 6.92 Å². The van der Waals surface area contributed by atoms with E-state index in [2.05, 4.69) is 10.3 Å². The topological polar surface area (TPSA) is 117 Å². The van der Waals surface area contributed by atoms with Gasteiger partial charge in [0.05, 0.1) is 6.26 Å². The van der Waals surface area contributed by atoms with E-state index in [-0.39, 0.29) is 17.9 Å². The molecule has 1 aromatic rings. The molecular weight excluding hydrogens is 310 g/mol. The summed E-state index contributed by atoms with van der Waals surface area (Å²) in [6.07, 6.45) is 1.58. The van der Waals surface area contributed by atoms with Crippen molar-refractivity contribution in [3.63, 3.8) is 0 Å². The Hall–Kier alpha value is -2.00. The number of aromatic nitrogens is 1. The van der Waals surface area contributed by atoms with Crippen LogP contribution in [0.25, 0.3) is 0 Å². The number of sulfonamides is 1. The molecule has 122 valence electrons. The third-order valence-electron chi connectivity index (χ3n) is 2.89. The molecule has 9 heteroatoms. The number of nitrogens with one attached hydrogen (secondary N) is 1. The standard InChI is InChI=1S/C13H19N3O5S/c1-3-16(22(2,20)21)9-5-8-14-12(17)10-6-4-7-11(15-10)13(18)19/h4,6-7H,3,5,8-9H2,1-2H3,(H,14,17)(H,18,19). The van der Waals surface area contributed by atoms with Gasteiger partial charge < -0.3 is 10.4 Å². The Kier molecular flexibility index (Phi) is 6.44. The van der Waals surface area contributed by atoms with Crippen LogP contribution < -0.4 is 5.32 Å². The van der Waals surface area contributed by atoms with Gasteiger partial charge in [-0.15, -0.1) is 0 Å². The third kappa shape index (κ3) is 5.41. The maximum absolute atomic E-state index is 11.8. The largest absolute Gasteiger partial charge is 0.477 e. The lowest BCUT2D eigenvalue weighted by Gasteiger charge is -2.17. The fourth-order valence-electron chi connectivity index (χ4n) is 1.79. The Morgan fingerprint density at radius 1 is 1.32 bits per heavy atom. The Morgan fingerprint density at radius 3 is 2.50 bits per heavy atom. The summed E-state index contributed by atoms with van der Waals surface area (Å²) in [5.41, 5.74) is -0.197. The summed E-state index contributed by atoms with van der Waals surface area (Å²) in [5, 5.41) is 11.4. The highest BCUT2D eigenvalue weighted by Crippen LogP contribution is 2.01. The van der Waals surface area contributed by atoms with Crippen molar-refractivity contribution in [1.29, 1.82) is 0 Å². The normalized spacial score (nSPS) is 11.4. The van der Waals surface area contributed by atoms with Gasteiger partial charge in [-0.3, -0.25) is 4.79 Å². The Morgan fingerprint density at radius 2 is 1.95 bits per heavy atom. The van der Waals surface area contributed by atoms with E-state index >= 15 is 0 Å². The molecule has 0 atom stereocenters. The molecule has 0 aliphatic carbocycles. The fraction of sp³-hybridized carbons (Fsp3) is 0.462. The molecule has 1 aromatic heterocycles. The first kappa shape index (κ1) is 18.1. The third-order valence-corrected chi connectivity index (χ3v) is 4.27. The quantitative estimate of drug-likeness (QED) is 0.657. The molecule has 0 aromatic carbocycles. The predicted molar refractivity (Wildman–Crippen MR) is 80.2 cm³/mol. The SMILES string of the molecule is CCN(CCCNC(=O)c1cccc(C(=O)O)n1)S(C)(=O)=O. The molecule has 0 radical (unpaired) electrons. The van der Waals surface area contributed by atoms with Crippen molar-refractivity contribution in [3.05, 3.63) is 29.6 Å². The van der Waals surface area contributed by atoms with Crippen molar-refractivity contribution >= 4 is 21.9 Å². The zero-order valence-corrected chi connectivity index (χ0v) is 13.3. The lowest BCUT2D eigenvalue weighted by Crippen LogP contribution is -2.33. The van der Waals surface area contributed by atoms with Crippen LogP contribution in [0.4, 0.5) is 0 Å². The van der Waals surface area contributed by atoms with Crippen molar-refractivity contribution in [2.45, 2.75) is 13.3 Å². The molecule has 0 fully saturated rings. The van der Waals surface area contributed by atoms with Gasteiger partial charge in [-0.2, -0.15) is 0 Å². The van der Waals surface area contributed by atoms with Gasteiger partial charge in [-0.25, -0.2) is 22.5 Å². The van der Waals surface area contributed by atoms with E-state index in [0.29, 0.717) is 19.5 Å².